The summed E-state index contributed by atoms with van der Waals surface area (Å²) >= 11 is 6.45. The second-order valence-corrected chi connectivity index (χ2v) is 8.17. The van der Waals surface area contributed by atoms with Gasteiger partial charge in [0.05, 0.1) is 0 Å². The van der Waals surface area contributed by atoms with Crippen molar-refractivity contribution in [2.24, 2.45) is 0 Å². The highest BCUT2D eigenvalue weighted by atomic mass is 35.5. The molecule has 0 bridgehead atoms. The fourth-order valence-corrected chi connectivity index (χ4v) is 5.03. The Hall–Kier alpha value is -1.52. The predicted octanol–water partition coefficient (Wildman–Crippen LogP) is 5.04. The Labute approximate surface area is 131 Å². The maximum absolute atomic E-state index is 13.7. The fraction of sp³-hybridized carbons (Fsp3) is 0.167. The molecule has 0 amide bonds. The first-order valence-electron chi connectivity index (χ1n) is 6.92. The van der Waals surface area contributed by atoms with Gasteiger partial charge in [-0.2, -0.15) is 0 Å². The highest BCUT2D eigenvalue weighted by Gasteiger charge is 2.30. The molecule has 0 aromatic heterocycles. The first-order chi connectivity index (χ1) is 10.1. The van der Waals surface area contributed by atoms with Crippen molar-refractivity contribution in [3.05, 3.63) is 76.7 Å². The van der Waals surface area contributed by atoms with E-state index in [1.807, 2.05) is 74.5 Å². The molecule has 3 heteroatoms. The van der Waals surface area contributed by atoms with Gasteiger partial charge in [0.25, 0.3) is 0 Å². The molecule has 2 aromatic carbocycles. The predicted molar refractivity (Wildman–Crippen MR) is 92.1 cm³/mol. The Kier molecular flexibility index (Phi) is 5.26. The average Bonchev–Trinajstić information content (AvgIpc) is 2.55. The Morgan fingerprint density at radius 1 is 1.00 bits per heavy atom. The third-order valence-electron chi connectivity index (χ3n) is 3.36. The van der Waals surface area contributed by atoms with Gasteiger partial charge in [-0.15, -0.1) is 0 Å². The van der Waals surface area contributed by atoms with E-state index in [0.29, 0.717) is 4.77 Å². The van der Waals surface area contributed by atoms with Crippen LogP contribution in [0.4, 0.5) is 0 Å². The lowest BCUT2D eigenvalue weighted by molar-refractivity contribution is 0.591. The maximum Gasteiger partial charge on any atom is 0.189 e. The van der Waals surface area contributed by atoms with Gasteiger partial charge >= 0.3 is 0 Å². The van der Waals surface area contributed by atoms with Crippen molar-refractivity contribution in [2.45, 2.75) is 20.3 Å². The summed E-state index contributed by atoms with van der Waals surface area (Å²) in [4.78, 5) is 0. The Bertz CT molecular complexity index is 670. The van der Waals surface area contributed by atoms with E-state index < -0.39 is 7.14 Å². The molecule has 108 valence electrons. The average molecular weight is 317 g/mol. The lowest BCUT2D eigenvalue weighted by atomic mass is 10.3. The third-order valence-corrected chi connectivity index (χ3v) is 6.89. The maximum atomic E-state index is 13.7. The van der Waals surface area contributed by atoms with E-state index in [2.05, 4.69) is 5.73 Å². The molecule has 0 spiro atoms. The zero-order chi connectivity index (χ0) is 15.3. The van der Waals surface area contributed by atoms with Crippen LogP contribution in [0.2, 0.25) is 0 Å². The summed E-state index contributed by atoms with van der Waals surface area (Å²) in [5.41, 5.74) is 4.10. The van der Waals surface area contributed by atoms with Gasteiger partial charge in [-0.1, -0.05) is 84.9 Å². The molecule has 0 fully saturated rings. The van der Waals surface area contributed by atoms with Crippen molar-refractivity contribution in [3.8, 4) is 0 Å². The molecule has 0 aliphatic rings. The molecular formula is C18H18ClOP. The molecule has 2 aromatic rings. The molecule has 0 aliphatic heterocycles. The zero-order valence-corrected chi connectivity index (χ0v) is 13.9. The fourth-order valence-electron chi connectivity index (χ4n) is 1.99. The first kappa shape index (κ1) is 15.9. The topological polar surface area (TPSA) is 17.1 Å². The number of halogens is 1. The van der Waals surface area contributed by atoms with E-state index in [1.165, 1.54) is 0 Å². The molecule has 0 radical (unpaired) electrons. The largest absolute Gasteiger partial charge is 0.307 e. The summed E-state index contributed by atoms with van der Waals surface area (Å²) < 4.78 is 14.0. The Morgan fingerprint density at radius 2 is 1.43 bits per heavy atom. The zero-order valence-electron chi connectivity index (χ0n) is 12.2. The van der Waals surface area contributed by atoms with Gasteiger partial charge in [-0.3, -0.25) is 0 Å². The summed E-state index contributed by atoms with van der Waals surface area (Å²) in [6.45, 7) is 3.98. The molecule has 0 saturated carbocycles. The van der Waals surface area contributed by atoms with Crippen molar-refractivity contribution in [1.82, 2.24) is 0 Å². The van der Waals surface area contributed by atoms with Gasteiger partial charge in [0, 0.05) is 10.6 Å². The van der Waals surface area contributed by atoms with Gasteiger partial charge in [0.15, 0.2) is 7.14 Å². The van der Waals surface area contributed by atoms with Crippen LogP contribution in [-0.2, 0) is 4.57 Å². The SMILES string of the molecule is CCC(C)=C=C(Cl)P(=O)(c1ccccc1)c1ccccc1. The monoisotopic (exact) mass is 316 g/mol. The van der Waals surface area contributed by atoms with E-state index in [0.717, 1.165) is 22.6 Å². The minimum Gasteiger partial charge on any atom is -0.307 e. The minimum absolute atomic E-state index is 0.291. The van der Waals surface area contributed by atoms with Gasteiger partial charge in [0.1, 0.15) is 4.77 Å². The summed E-state index contributed by atoms with van der Waals surface area (Å²) in [7, 11) is -3.03. The second-order valence-electron chi connectivity index (χ2n) is 4.83. The van der Waals surface area contributed by atoms with Gasteiger partial charge in [-0.05, 0) is 18.9 Å². The molecule has 0 N–H and O–H groups in total. The van der Waals surface area contributed by atoms with Crippen LogP contribution >= 0.6 is 18.7 Å². The Balaban J connectivity index is 2.73. The van der Waals surface area contributed by atoms with Crippen LogP contribution in [-0.4, -0.2) is 0 Å². The van der Waals surface area contributed by atoms with Crippen LogP contribution in [0.15, 0.2) is 76.7 Å². The third kappa shape index (κ3) is 3.39. The minimum atomic E-state index is -3.03. The van der Waals surface area contributed by atoms with Crippen LogP contribution in [0, 0.1) is 0 Å². The van der Waals surface area contributed by atoms with Crippen molar-refractivity contribution in [2.75, 3.05) is 0 Å². The van der Waals surface area contributed by atoms with Crippen LogP contribution in [0.5, 0.6) is 0 Å². The number of allylic oxidation sites excluding steroid dienone is 1. The molecule has 0 saturated heterocycles. The van der Waals surface area contributed by atoms with E-state index in [-0.39, 0.29) is 0 Å². The molecule has 1 nitrogen and oxygen atoms in total. The smallest absolute Gasteiger partial charge is 0.189 e. The van der Waals surface area contributed by atoms with Crippen LogP contribution < -0.4 is 10.6 Å². The Morgan fingerprint density at radius 3 is 1.81 bits per heavy atom. The molecular weight excluding hydrogens is 299 g/mol. The van der Waals surface area contributed by atoms with Crippen molar-refractivity contribution >= 4 is 29.4 Å². The molecule has 0 aliphatic carbocycles. The molecule has 21 heavy (non-hydrogen) atoms. The number of benzene rings is 2. The number of rotatable bonds is 4. The van der Waals surface area contributed by atoms with Crippen LogP contribution in [0.1, 0.15) is 20.3 Å². The highest BCUT2D eigenvalue weighted by Crippen LogP contribution is 2.53. The van der Waals surface area contributed by atoms with E-state index in [1.54, 1.807) is 0 Å². The van der Waals surface area contributed by atoms with E-state index >= 15 is 0 Å². The second kappa shape index (κ2) is 6.96. The molecule has 2 rings (SSSR count). The summed E-state index contributed by atoms with van der Waals surface area (Å²) in [6, 6.07) is 18.8. The number of hydrogen-bond acceptors (Lipinski definition) is 1. The highest BCUT2D eigenvalue weighted by molar-refractivity contribution is 7.84. The lowest BCUT2D eigenvalue weighted by Crippen LogP contribution is -2.15. The van der Waals surface area contributed by atoms with Crippen LogP contribution in [0.25, 0.3) is 0 Å². The quantitative estimate of drug-likeness (QED) is 0.570. The van der Waals surface area contributed by atoms with Crippen molar-refractivity contribution < 1.29 is 4.57 Å². The van der Waals surface area contributed by atoms with Gasteiger partial charge < -0.3 is 4.57 Å². The number of hydrogen-bond donors (Lipinski definition) is 0. The molecule has 0 heterocycles. The summed E-state index contributed by atoms with van der Waals surface area (Å²) in [6.07, 6.45) is 0.833. The molecule has 0 atom stereocenters. The van der Waals surface area contributed by atoms with Crippen LogP contribution in [0.3, 0.4) is 0 Å². The first-order valence-corrected chi connectivity index (χ1v) is 9.01. The van der Waals surface area contributed by atoms with Crippen molar-refractivity contribution in [1.29, 1.82) is 0 Å². The van der Waals surface area contributed by atoms with E-state index in [4.69, 9.17) is 11.6 Å². The standard InChI is InChI=1S/C18H18ClOP/c1-3-15(2)14-18(19)21(20,16-10-6-4-7-11-16)17-12-8-5-9-13-17/h4-13H,3H2,1-2H3. The van der Waals surface area contributed by atoms with Gasteiger partial charge in [0.2, 0.25) is 0 Å². The van der Waals surface area contributed by atoms with Gasteiger partial charge in [-0.25, -0.2) is 0 Å². The van der Waals surface area contributed by atoms with Crippen molar-refractivity contribution in [3.63, 3.8) is 0 Å². The normalized spacial score (nSPS) is 10.8. The van der Waals surface area contributed by atoms with E-state index in [9.17, 15) is 4.57 Å². The molecule has 0 unspecified atom stereocenters. The summed E-state index contributed by atoms with van der Waals surface area (Å²) in [5, 5.41) is 1.47. The summed E-state index contributed by atoms with van der Waals surface area (Å²) in [5.74, 6) is 0. The lowest BCUT2D eigenvalue weighted by Gasteiger charge is -2.17.